The molecule has 4 nitrogen and oxygen atoms in total. The van der Waals surface area contributed by atoms with Crippen LogP contribution in [-0.2, 0) is 6.18 Å². The zero-order valence-electron chi connectivity index (χ0n) is 11.5. The maximum atomic E-state index is 12.7. The molecule has 0 aliphatic rings. The predicted molar refractivity (Wildman–Crippen MR) is 71.3 cm³/mol. The molecule has 0 atom stereocenters. The van der Waals surface area contributed by atoms with E-state index in [0.717, 1.165) is 44.2 Å². The van der Waals surface area contributed by atoms with E-state index in [1.54, 1.807) is 0 Å². The number of nitrogens with one attached hydrogen (secondary N) is 1. The van der Waals surface area contributed by atoms with Gasteiger partial charge in [0, 0.05) is 6.07 Å². The summed E-state index contributed by atoms with van der Waals surface area (Å²) in [4.78, 5) is 3.84. The molecule has 0 saturated heterocycles. The van der Waals surface area contributed by atoms with Crippen LogP contribution in [0, 0.1) is 0 Å². The summed E-state index contributed by atoms with van der Waals surface area (Å²) in [6.45, 7) is 2.46. The van der Waals surface area contributed by atoms with Crippen LogP contribution in [0.3, 0.4) is 0 Å². The Morgan fingerprint density at radius 3 is 2.50 bits per heavy atom. The molecule has 7 heteroatoms. The van der Waals surface area contributed by atoms with Gasteiger partial charge in [0.25, 0.3) is 0 Å². The fourth-order valence-corrected chi connectivity index (χ4v) is 1.70. The van der Waals surface area contributed by atoms with Crippen molar-refractivity contribution in [2.75, 3.05) is 12.0 Å². The zero-order valence-corrected chi connectivity index (χ0v) is 11.5. The van der Waals surface area contributed by atoms with E-state index in [4.69, 9.17) is 10.6 Å². The summed E-state index contributed by atoms with van der Waals surface area (Å²) < 4.78 is 43.2. The van der Waals surface area contributed by atoms with Crippen LogP contribution in [0.5, 0.6) is 5.88 Å². The van der Waals surface area contributed by atoms with Crippen molar-refractivity contribution in [3.05, 3.63) is 17.7 Å². The molecule has 3 N–H and O–H groups in total. The van der Waals surface area contributed by atoms with E-state index in [2.05, 4.69) is 17.3 Å². The van der Waals surface area contributed by atoms with Crippen LogP contribution in [0.15, 0.2) is 12.1 Å². The highest BCUT2D eigenvalue weighted by Crippen LogP contribution is 2.32. The molecular weight excluding hydrogens is 271 g/mol. The molecule has 0 radical (unpaired) electrons. The lowest BCUT2D eigenvalue weighted by atomic mass is 10.2. The van der Waals surface area contributed by atoms with E-state index >= 15 is 0 Å². The van der Waals surface area contributed by atoms with Gasteiger partial charge in [-0.25, -0.2) is 5.84 Å². The van der Waals surface area contributed by atoms with E-state index in [9.17, 15) is 13.2 Å². The Bertz CT molecular complexity index is 410. The highest BCUT2D eigenvalue weighted by molar-refractivity contribution is 5.41. The van der Waals surface area contributed by atoms with Crippen LogP contribution in [0.2, 0.25) is 0 Å². The number of pyridine rings is 1. The van der Waals surface area contributed by atoms with E-state index in [0.29, 0.717) is 6.61 Å². The van der Waals surface area contributed by atoms with Crippen molar-refractivity contribution < 1.29 is 17.9 Å². The van der Waals surface area contributed by atoms with Gasteiger partial charge in [-0.2, -0.15) is 18.2 Å². The van der Waals surface area contributed by atoms with E-state index in [1.807, 2.05) is 0 Å². The second-order valence-corrected chi connectivity index (χ2v) is 4.48. The van der Waals surface area contributed by atoms with Gasteiger partial charge in [-0.15, -0.1) is 0 Å². The third-order valence-corrected chi connectivity index (χ3v) is 2.77. The first kappa shape index (κ1) is 16.6. The third-order valence-electron chi connectivity index (χ3n) is 2.77. The summed E-state index contributed by atoms with van der Waals surface area (Å²) in [6, 6.07) is 1.72. The molecule has 0 saturated carbocycles. The predicted octanol–water partition coefficient (Wildman–Crippen LogP) is 3.74. The number of halogens is 3. The summed E-state index contributed by atoms with van der Waals surface area (Å²) in [5.41, 5.74) is 1.28. The Balaban J connectivity index is 2.56. The molecule has 1 rings (SSSR count). The molecule has 0 aromatic carbocycles. The number of rotatable bonds is 8. The summed E-state index contributed by atoms with van der Waals surface area (Å²) in [5, 5.41) is 0. The number of hydrogen-bond acceptors (Lipinski definition) is 4. The SMILES string of the molecule is CCCCCCCOc1cc(C(F)(F)F)cc(NN)n1. The van der Waals surface area contributed by atoms with Crippen molar-refractivity contribution >= 4 is 5.82 Å². The molecule has 0 amide bonds. The van der Waals surface area contributed by atoms with Crippen molar-refractivity contribution in [3.63, 3.8) is 0 Å². The number of hydrazine groups is 1. The first-order chi connectivity index (χ1) is 9.47. The number of alkyl halides is 3. The second kappa shape index (κ2) is 7.94. The fraction of sp³-hybridized carbons (Fsp3) is 0.615. The minimum atomic E-state index is -4.45. The summed E-state index contributed by atoms with van der Waals surface area (Å²) in [7, 11) is 0. The summed E-state index contributed by atoms with van der Waals surface area (Å²) in [6.07, 6.45) is 0.738. The van der Waals surface area contributed by atoms with Gasteiger partial charge in [-0.05, 0) is 12.5 Å². The Morgan fingerprint density at radius 2 is 1.90 bits per heavy atom. The van der Waals surface area contributed by atoms with Gasteiger partial charge in [-0.3, -0.25) is 0 Å². The second-order valence-electron chi connectivity index (χ2n) is 4.48. The van der Waals surface area contributed by atoms with Crippen molar-refractivity contribution in [2.24, 2.45) is 5.84 Å². The minimum Gasteiger partial charge on any atom is -0.478 e. The third kappa shape index (κ3) is 5.64. The number of nitrogens with two attached hydrogens (primary N) is 1. The number of aromatic nitrogens is 1. The van der Waals surface area contributed by atoms with Crippen LogP contribution in [-0.4, -0.2) is 11.6 Å². The minimum absolute atomic E-state index is 0.0664. The number of nitrogens with zero attached hydrogens (tertiary/aromatic N) is 1. The maximum absolute atomic E-state index is 12.7. The van der Waals surface area contributed by atoms with Crippen LogP contribution < -0.4 is 16.0 Å². The van der Waals surface area contributed by atoms with Crippen LogP contribution in [0.4, 0.5) is 19.0 Å². The number of unbranched alkanes of at least 4 members (excludes halogenated alkanes) is 4. The maximum Gasteiger partial charge on any atom is 0.416 e. The van der Waals surface area contributed by atoms with E-state index in [1.165, 1.54) is 0 Å². The van der Waals surface area contributed by atoms with Crippen molar-refractivity contribution in [2.45, 2.75) is 45.2 Å². The van der Waals surface area contributed by atoms with Crippen LogP contribution >= 0.6 is 0 Å². The lowest BCUT2D eigenvalue weighted by molar-refractivity contribution is -0.137. The van der Waals surface area contributed by atoms with Crippen molar-refractivity contribution in [1.29, 1.82) is 0 Å². The molecule has 1 aromatic rings. The van der Waals surface area contributed by atoms with E-state index < -0.39 is 11.7 Å². The van der Waals surface area contributed by atoms with Crippen LogP contribution in [0.25, 0.3) is 0 Å². The van der Waals surface area contributed by atoms with E-state index in [-0.39, 0.29) is 11.7 Å². The molecule has 0 unspecified atom stereocenters. The lowest BCUT2D eigenvalue weighted by Gasteiger charge is -2.11. The van der Waals surface area contributed by atoms with Gasteiger partial charge in [0.1, 0.15) is 5.82 Å². The monoisotopic (exact) mass is 291 g/mol. The molecule has 1 aromatic heterocycles. The Morgan fingerprint density at radius 1 is 1.20 bits per heavy atom. The van der Waals surface area contributed by atoms with Gasteiger partial charge >= 0.3 is 6.18 Å². The van der Waals surface area contributed by atoms with Crippen molar-refractivity contribution in [1.82, 2.24) is 4.98 Å². The first-order valence-corrected chi connectivity index (χ1v) is 6.66. The normalized spacial score (nSPS) is 11.4. The Kier molecular flexibility index (Phi) is 6.57. The average Bonchev–Trinajstić information content (AvgIpc) is 2.41. The Labute approximate surface area is 116 Å². The van der Waals surface area contributed by atoms with Crippen molar-refractivity contribution in [3.8, 4) is 5.88 Å². The summed E-state index contributed by atoms with van der Waals surface area (Å²) >= 11 is 0. The molecular formula is C13H20F3N3O. The highest BCUT2D eigenvalue weighted by Gasteiger charge is 2.31. The molecule has 0 spiro atoms. The molecule has 0 bridgehead atoms. The lowest BCUT2D eigenvalue weighted by Crippen LogP contribution is -2.13. The zero-order chi connectivity index (χ0) is 15.0. The number of anilines is 1. The molecule has 20 heavy (non-hydrogen) atoms. The molecule has 0 aliphatic heterocycles. The topological polar surface area (TPSA) is 60.2 Å². The van der Waals surface area contributed by atoms with Gasteiger partial charge in [0.2, 0.25) is 5.88 Å². The van der Waals surface area contributed by atoms with Crippen LogP contribution in [0.1, 0.15) is 44.6 Å². The largest absolute Gasteiger partial charge is 0.478 e. The molecule has 1 heterocycles. The Hall–Kier alpha value is -1.50. The highest BCUT2D eigenvalue weighted by atomic mass is 19.4. The standard InChI is InChI=1S/C13H20F3N3O/c1-2-3-4-5-6-7-20-12-9-10(13(14,15)16)8-11(18-12)19-17/h8-9H,2-7,17H2,1H3,(H,18,19). The molecule has 0 aliphatic carbocycles. The molecule has 114 valence electrons. The van der Waals surface area contributed by atoms with Gasteiger partial charge in [-0.1, -0.05) is 32.6 Å². The quantitative estimate of drug-likeness (QED) is 0.435. The fourth-order valence-electron chi connectivity index (χ4n) is 1.70. The number of hydrogen-bond donors (Lipinski definition) is 2. The molecule has 0 fully saturated rings. The number of nitrogen functional groups attached to an aromatic ring is 1. The first-order valence-electron chi connectivity index (χ1n) is 6.66. The van der Waals surface area contributed by atoms with Gasteiger partial charge in [0.15, 0.2) is 0 Å². The van der Waals surface area contributed by atoms with Gasteiger partial charge in [0.05, 0.1) is 12.2 Å². The summed E-state index contributed by atoms with van der Waals surface area (Å²) in [5.74, 6) is 4.97. The van der Waals surface area contributed by atoms with Gasteiger partial charge < -0.3 is 10.2 Å². The smallest absolute Gasteiger partial charge is 0.416 e. The average molecular weight is 291 g/mol. The number of ether oxygens (including phenoxy) is 1.